The average molecular weight is 293 g/mol. The van der Waals surface area contributed by atoms with Crippen molar-refractivity contribution in [2.24, 2.45) is 5.92 Å². The van der Waals surface area contributed by atoms with Crippen LogP contribution in [0.5, 0.6) is 0 Å². The summed E-state index contributed by atoms with van der Waals surface area (Å²) < 4.78 is 0. The van der Waals surface area contributed by atoms with Crippen molar-refractivity contribution in [1.29, 1.82) is 0 Å². The van der Waals surface area contributed by atoms with Crippen molar-refractivity contribution in [1.82, 2.24) is 4.90 Å². The van der Waals surface area contributed by atoms with Crippen molar-refractivity contribution in [2.45, 2.75) is 26.2 Å². The van der Waals surface area contributed by atoms with Crippen LogP contribution in [-0.2, 0) is 4.79 Å². The third-order valence-electron chi connectivity index (χ3n) is 3.64. The Morgan fingerprint density at radius 1 is 1.55 bits per heavy atom. The molecule has 0 spiro atoms. The highest BCUT2D eigenvalue weighted by atomic mass is 32.1. The molecule has 0 saturated carbocycles. The highest BCUT2D eigenvalue weighted by Gasteiger charge is 2.23. The van der Waals surface area contributed by atoms with Crippen molar-refractivity contribution < 1.29 is 14.7 Å². The number of carbonyl (C=O) groups is 2. The maximum Gasteiger partial charge on any atom is 0.328 e. The van der Waals surface area contributed by atoms with E-state index in [0.717, 1.165) is 36.9 Å². The van der Waals surface area contributed by atoms with Gasteiger partial charge in [-0.3, -0.25) is 4.79 Å². The lowest BCUT2D eigenvalue weighted by Gasteiger charge is -2.32. The van der Waals surface area contributed by atoms with Gasteiger partial charge in [-0.1, -0.05) is 13.3 Å². The maximum absolute atomic E-state index is 12.4. The van der Waals surface area contributed by atoms with Crippen LogP contribution in [-0.4, -0.2) is 35.0 Å². The molecule has 1 unspecified atom stereocenters. The summed E-state index contributed by atoms with van der Waals surface area (Å²) in [6.45, 7) is 3.83. The molecule has 0 aromatic carbocycles. The molecule has 20 heavy (non-hydrogen) atoms. The van der Waals surface area contributed by atoms with E-state index in [1.807, 2.05) is 4.90 Å². The van der Waals surface area contributed by atoms with Crippen LogP contribution < -0.4 is 0 Å². The lowest BCUT2D eigenvalue weighted by molar-refractivity contribution is -0.131. The molecular weight excluding hydrogens is 274 g/mol. The number of carboxylic acids is 1. The zero-order chi connectivity index (χ0) is 14.5. The van der Waals surface area contributed by atoms with Gasteiger partial charge < -0.3 is 10.0 Å². The van der Waals surface area contributed by atoms with Crippen LogP contribution in [0.25, 0.3) is 6.08 Å². The molecule has 1 aliphatic heterocycles. The molecule has 0 radical (unpaired) electrons. The van der Waals surface area contributed by atoms with E-state index in [4.69, 9.17) is 5.11 Å². The first kappa shape index (κ1) is 14.8. The van der Waals surface area contributed by atoms with Gasteiger partial charge in [0.05, 0.1) is 5.56 Å². The Morgan fingerprint density at radius 3 is 3.05 bits per heavy atom. The number of thiophene rings is 1. The molecule has 1 N–H and O–H groups in total. The monoisotopic (exact) mass is 293 g/mol. The Hall–Kier alpha value is -1.62. The van der Waals surface area contributed by atoms with Crippen LogP contribution in [0.1, 0.15) is 41.4 Å². The molecule has 4 nitrogen and oxygen atoms in total. The lowest BCUT2D eigenvalue weighted by Crippen LogP contribution is -2.39. The van der Waals surface area contributed by atoms with Crippen molar-refractivity contribution in [3.63, 3.8) is 0 Å². The van der Waals surface area contributed by atoms with Gasteiger partial charge in [-0.05, 0) is 30.9 Å². The first-order valence-corrected chi connectivity index (χ1v) is 7.77. The summed E-state index contributed by atoms with van der Waals surface area (Å²) in [5, 5.41) is 10.4. The fourth-order valence-corrected chi connectivity index (χ4v) is 3.24. The molecule has 1 saturated heterocycles. The fourth-order valence-electron chi connectivity index (χ4n) is 2.47. The van der Waals surface area contributed by atoms with Crippen LogP contribution in [0.15, 0.2) is 17.5 Å². The second-order valence-corrected chi connectivity index (χ2v) is 6.02. The molecule has 0 bridgehead atoms. The minimum absolute atomic E-state index is 0.0642. The zero-order valence-corrected chi connectivity index (χ0v) is 12.4. The summed E-state index contributed by atoms with van der Waals surface area (Å²) in [6, 6.07) is 1.77. The Kier molecular flexibility index (Phi) is 4.95. The SMILES string of the molecule is CCC1CCCN(C(=O)c2csc(C=CC(=O)O)c2)C1. The van der Waals surface area contributed by atoms with Crippen LogP contribution in [0.2, 0.25) is 0 Å². The van der Waals surface area contributed by atoms with E-state index in [2.05, 4.69) is 6.92 Å². The molecule has 1 atom stereocenters. The minimum Gasteiger partial charge on any atom is -0.478 e. The molecule has 0 aliphatic carbocycles. The predicted molar refractivity (Wildman–Crippen MR) is 79.9 cm³/mol. The summed E-state index contributed by atoms with van der Waals surface area (Å²) in [7, 11) is 0. The second kappa shape index (κ2) is 6.70. The molecule has 2 heterocycles. The minimum atomic E-state index is -0.979. The van der Waals surface area contributed by atoms with Crippen LogP contribution in [0.3, 0.4) is 0 Å². The van der Waals surface area contributed by atoms with Gasteiger partial charge in [0.25, 0.3) is 5.91 Å². The summed E-state index contributed by atoms with van der Waals surface area (Å²) >= 11 is 1.39. The van der Waals surface area contributed by atoms with Crippen molar-refractivity contribution in [2.75, 3.05) is 13.1 Å². The van der Waals surface area contributed by atoms with Gasteiger partial charge in [0.2, 0.25) is 0 Å². The lowest BCUT2D eigenvalue weighted by atomic mass is 9.95. The molecular formula is C15H19NO3S. The molecule has 1 aromatic rings. The molecule has 108 valence electrons. The number of hydrogen-bond donors (Lipinski definition) is 1. The van der Waals surface area contributed by atoms with Gasteiger partial charge in [-0.25, -0.2) is 4.79 Å². The van der Waals surface area contributed by atoms with Crippen LogP contribution >= 0.6 is 11.3 Å². The topological polar surface area (TPSA) is 57.6 Å². The van der Waals surface area contributed by atoms with Gasteiger partial charge in [-0.2, -0.15) is 0 Å². The fraction of sp³-hybridized carbons (Fsp3) is 0.467. The zero-order valence-electron chi connectivity index (χ0n) is 11.5. The van der Waals surface area contributed by atoms with Gasteiger partial charge in [0.1, 0.15) is 0 Å². The molecule has 5 heteroatoms. The van der Waals surface area contributed by atoms with Gasteiger partial charge in [-0.15, -0.1) is 11.3 Å². The highest BCUT2D eigenvalue weighted by Crippen LogP contribution is 2.23. The number of likely N-dealkylation sites (tertiary alicyclic amines) is 1. The smallest absolute Gasteiger partial charge is 0.328 e. The summed E-state index contributed by atoms with van der Waals surface area (Å²) in [5.74, 6) is -0.305. The van der Waals surface area contributed by atoms with Gasteiger partial charge in [0.15, 0.2) is 0 Å². The number of hydrogen-bond acceptors (Lipinski definition) is 3. The Balaban J connectivity index is 2.04. The van der Waals surface area contributed by atoms with E-state index in [-0.39, 0.29) is 5.91 Å². The Morgan fingerprint density at radius 2 is 2.35 bits per heavy atom. The standard InChI is InChI=1S/C15H19NO3S/c1-2-11-4-3-7-16(9-11)15(19)12-8-13(20-10-12)5-6-14(17)18/h5-6,8,10-11H,2-4,7,9H2,1H3,(H,17,18). The molecule has 1 aromatic heterocycles. The second-order valence-electron chi connectivity index (χ2n) is 5.08. The first-order chi connectivity index (χ1) is 9.60. The average Bonchev–Trinajstić information content (AvgIpc) is 2.93. The van der Waals surface area contributed by atoms with Crippen molar-refractivity contribution >= 4 is 29.3 Å². The highest BCUT2D eigenvalue weighted by molar-refractivity contribution is 7.11. The van der Waals surface area contributed by atoms with E-state index in [0.29, 0.717) is 11.5 Å². The summed E-state index contributed by atoms with van der Waals surface area (Å²) in [6.07, 6.45) is 6.00. The van der Waals surface area contributed by atoms with Crippen molar-refractivity contribution in [3.8, 4) is 0 Å². The summed E-state index contributed by atoms with van der Waals surface area (Å²) in [5.41, 5.74) is 0.664. The van der Waals surface area contributed by atoms with Crippen LogP contribution in [0.4, 0.5) is 0 Å². The van der Waals surface area contributed by atoms with Crippen molar-refractivity contribution in [3.05, 3.63) is 28.0 Å². The third-order valence-corrected chi connectivity index (χ3v) is 4.54. The number of carbonyl (C=O) groups excluding carboxylic acids is 1. The number of rotatable bonds is 4. The Labute approximate surface area is 122 Å². The van der Waals surface area contributed by atoms with E-state index in [1.54, 1.807) is 11.4 Å². The third kappa shape index (κ3) is 3.70. The van der Waals surface area contributed by atoms with Crippen LogP contribution in [0, 0.1) is 5.92 Å². The number of carboxylic acid groups (broad SMARTS) is 1. The number of nitrogens with zero attached hydrogens (tertiary/aromatic N) is 1. The predicted octanol–water partition coefficient (Wildman–Crippen LogP) is 3.11. The number of aliphatic carboxylic acids is 1. The molecule has 1 amide bonds. The van der Waals surface area contributed by atoms with E-state index in [1.165, 1.54) is 23.8 Å². The van der Waals surface area contributed by atoms with Gasteiger partial charge >= 0.3 is 5.97 Å². The number of amides is 1. The summed E-state index contributed by atoms with van der Waals surface area (Å²) in [4.78, 5) is 25.6. The first-order valence-electron chi connectivity index (χ1n) is 6.89. The molecule has 1 fully saturated rings. The largest absolute Gasteiger partial charge is 0.478 e. The molecule has 1 aliphatic rings. The normalized spacial score (nSPS) is 19.4. The quantitative estimate of drug-likeness (QED) is 0.868. The molecule has 2 rings (SSSR count). The number of piperidine rings is 1. The van der Waals surface area contributed by atoms with E-state index >= 15 is 0 Å². The van der Waals surface area contributed by atoms with Gasteiger partial charge in [0, 0.05) is 29.4 Å². The van der Waals surface area contributed by atoms with E-state index in [9.17, 15) is 9.59 Å². The van der Waals surface area contributed by atoms with E-state index < -0.39 is 5.97 Å². The Bertz CT molecular complexity index is 521. The maximum atomic E-state index is 12.4.